The van der Waals surface area contributed by atoms with Crippen LogP contribution in [0, 0.1) is 5.82 Å². The van der Waals surface area contributed by atoms with Crippen molar-refractivity contribution in [3.63, 3.8) is 0 Å². The standard InChI is InChI=1S/C20H18FN3O4S/c21-17-11-15(3-6-20(17)29(26,27)24-7-9-28-10-8-24)19-13-22-12-18(23-19)14-1-4-16(25)5-2-14/h1-6,11-13,25H,7-10H2. The minimum Gasteiger partial charge on any atom is -0.508 e. The van der Waals surface area contributed by atoms with Crippen LogP contribution in [-0.4, -0.2) is 54.1 Å². The highest BCUT2D eigenvalue weighted by Gasteiger charge is 2.29. The third kappa shape index (κ3) is 3.98. The lowest BCUT2D eigenvalue weighted by Gasteiger charge is -2.26. The van der Waals surface area contributed by atoms with E-state index in [0.29, 0.717) is 30.2 Å². The van der Waals surface area contributed by atoms with E-state index in [2.05, 4.69) is 9.97 Å². The quantitative estimate of drug-likeness (QED) is 0.704. The van der Waals surface area contributed by atoms with Gasteiger partial charge in [0.05, 0.1) is 37.0 Å². The summed E-state index contributed by atoms with van der Waals surface area (Å²) in [6.45, 7) is 0.977. The van der Waals surface area contributed by atoms with Crippen molar-refractivity contribution in [3.05, 3.63) is 60.7 Å². The number of rotatable bonds is 4. The number of aromatic hydroxyl groups is 1. The fourth-order valence-electron chi connectivity index (χ4n) is 3.07. The first kappa shape index (κ1) is 19.4. The second kappa shape index (κ2) is 7.86. The molecule has 0 spiro atoms. The lowest BCUT2D eigenvalue weighted by atomic mass is 10.1. The molecule has 1 fully saturated rings. The van der Waals surface area contributed by atoms with Crippen LogP contribution in [0.1, 0.15) is 0 Å². The Labute approximate surface area is 167 Å². The minimum atomic E-state index is -3.93. The number of benzene rings is 2. The second-order valence-electron chi connectivity index (χ2n) is 6.50. The Morgan fingerprint density at radius 1 is 0.966 bits per heavy atom. The van der Waals surface area contributed by atoms with E-state index in [1.807, 2.05) is 0 Å². The van der Waals surface area contributed by atoms with Gasteiger partial charge in [-0.25, -0.2) is 17.8 Å². The normalized spacial score (nSPS) is 15.3. The smallest absolute Gasteiger partial charge is 0.246 e. The Morgan fingerprint density at radius 3 is 2.24 bits per heavy atom. The molecular weight excluding hydrogens is 397 g/mol. The van der Waals surface area contributed by atoms with Gasteiger partial charge in [0.25, 0.3) is 0 Å². The number of halogens is 1. The van der Waals surface area contributed by atoms with Crippen molar-refractivity contribution >= 4 is 10.0 Å². The first-order chi connectivity index (χ1) is 13.9. The zero-order chi connectivity index (χ0) is 20.4. The van der Waals surface area contributed by atoms with Gasteiger partial charge in [-0.3, -0.25) is 4.98 Å². The molecule has 0 aliphatic carbocycles. The van der Waals surface area contributed by atoms with E-state index in [1.165, 1.54) is 34.8 Å². The lowest BCUT2D eigenvalue weighted by Crippen LogP contribution is -2.40. The monoisotopic (exact) mass is 415 g/mol. The van der Waals surface area contributed by atoms with Crippen molar-refractivity contribution in [1.82, 2.24) is 14.3 Å². The summed E-state index contributed by atoms with van der Waals surface area (Å²) in [5, 5.41) is 9.42. The van der Waals surface area contributed by atoms with E-state index in [9.17, 15) is 17.9 Å². The van der Waals surface area contributed by atoms with Gasteiger partial charge in [0.15, 0.2) is 0 Å². The van der Waals surface area contributed by atoms with E-state index < -0.39 is 15.8 Å². The molecule has 0 unspecified atom stereocenters. The van der Waals surface area contributed by atoms with E-state index in [0.717, 1.165) is 11.6 Å². The van der Waals surface area contributed by atoms with E-state index in [4.69, 9.17) is 4.74 Å². The van der Waals surface area contributed by atoms with Crippen LogP contribution in [0.4, 0.5) is 4.39 Å². The highest BCUT2D eigenvalue weighted by Crippen LogP contribution is 2.27. The van der Waals surface area contributed by atoms with Crippen LogP contribution in [0.3, 0.4) is 0 Å². The van der Waals surface area contributed by atoms with Crippen LogP contribution in [0.15, 0.2) is 59.8 Å². The molecule has 150 valence electrons. The maximum atomic E-state index is 14.7. The zero-order valence-corrected chi connectivity index (χ0v) is 16.1. The van der Waals surface area contributed by atoms with E-state index in [-0.39, 0.29) is 23.7 Å². The Balaban J connectivity index is 1.66. The molecule has 2 heterocycles. The van der Waals surface area contributed by atoms with Crippen LogP contribution in [0.5, 0.6) is 5.75 Å². The summed E-state index contributed by atoms with van der Waals surface area (Å²) in [6.07, 6.45) is 3.04. The van der Waals surface area contributed by atoms with Crippen molar-refractivity contribution in [2.45, 2.75) is 4.90 Å². The molecule has 0 radical (unpaired) electrons. The Bertz CT molecular complexity index is 1130. The van der Waals surface area contributed by atoms with Gasteiger partial charge in [-0.1, -0.05) is 6.07 Å². The summed E-state index contributed by atoms with van der Waals surface area (Å²) in [4.78, 5) is 8.26. The van der Waals surface area contributed by atoms with Gasteiger partial charge in [-0.05, 0) is 36.4 Å². The molecule has 7 nitrogen and oxygen atoms in total. The van der Waals surface area contributed by atoms with Crippen molar-refractivity contribution in [2.24, 2.45) is 0 Å². The summed E-state index contributed by atoms with van der Waals surface area (Å²) in [7, 11) is -3.93. The summed E-state index contributed by atoms with van der Waals surface area (Å²) >= 11 is 0. The Hall–Kier alpha value is -2.88. The van der Waals surface area contributed by atoms with E-state index in [1.54, 1.807) is 18.3 Å². The number of sulfonamides is 1. The Morgan fingerprint density at radius 2 is 1.59 bits per heavy atom. The number of ether oxygens (including phenoxy) is 1. The molecule has 9 heteroatoms. The van der Waals surface area contributed by atoms with Gasteiger partial charge in [-0.2, -0.15) is 4.31 Å². The third-order valence-corrected chi connectivity index (χ3v) is 6.55. The van der Waals surface area contributed by atoms with Gasteiger partial charge in [0.1, 0.15) is 16.5 Å². The first-order valence-corrected chi connectivity index (χ1v) is 10.4. The molecule has 1 aliphatic heterocycles. The fourth-order valence-corrected chi connectivity index (χ4v) is 4.53. The fraction of sp³-hybridized carbons (Fsp3) is 0.200. The largest absolute Gasteiger partial charge is 0.508 e. The van der Waals surface area contributed by atoms with Crippen LogP contribution < -0.4 is 0 Å². The second-order valence-corrected chi connectivity index (χ2v) is 8.40. The molecule has 1 aliphatic rings. The molecule has 4 rings (SSSR count). The highest BCUT2D eigenvalue weighted by atomic mass is 32.2. The van der Waals surface area contributed by atoms with Crippen molar-refractivity contribution in [1.29, 1.82) is 0 Å². The number of nitrogens with zero attached hydrogens (tertiary/aromatic N) is 3. The topological polar surface area (TPSA) is 92.6 Å². The Kier molecular flexibility index (Phi) is 5.27. The number of phenols is 1. The molecule has 0 amide bonds. The van der Waals surface area contributed by atoms with Gasteiger partial charge >= 0.3 is 0 Å². The molecular formula is C20H18FN3O4S. The van der Waals surface area contributed by atoms with Gasteiger partial charge in [-0.15, -0.1) is 0 Å². The van der Waals surface area contributed by atoms with E-state index >= 15 is 0 Å². The predicted octanol–water partition coefficient (Wildman–Crippen LogP) is 2.68. The maximum absolute atomic E-state index is 14.7. The molecule has 0 atom stereocenters. The molecule has 1 saturated heterocycles. The maximum Gasteiger partial charge on any atom is 0.246 e. The highest BCUT2D eigenvalue weighted by molar-refractivity contribution is 7.89. The van der Waals surface area contributed by atoms with Crippen LogP contribution in [0.2, 0.25) is 0 Å². The molecule has 0 saturated carbocycles. The summed E-state index contributed by atoms with van der Waals surface area (Å²) in [5.74, 6) is -0.706. The van der Waals surface area contributed by atoms with Crippen molar-refractivity contribution < 1.29 is 22.7 Å². The van der Waals surface area contributed by atoms with Crippen molar-refractivity contribution in [2.75, 3.05) is 26.3 Å². The molecule has 3 aromatic rings. The zero-order valence-electron chi connectivity index (χ0n) is 15.3. The van der Waals surface area contributed by atoms with Gasteiger partial charge < -0.3 is 9.84 Å². The first-order valence-electron chi connectivity index (χ1n) is 8.94. The lowest BCUT2D eigenvalue weighted by molar-refractivity contribution is 0.0729. The molecule has 1 aromatic heterocycles. The number of phenolic OH excluding ortho intramolecular Hbond substituents is 1. The van der Waals surface area contributed by atoms with Crippen LogP contribution in [0.25, 0.3) is 22.5 Å². The SMILES string of the molecule is O=S(=O)(c1ccc(-c2cncc(-c3ccc(O)cc3)n2)cc1F)N1CCOCC1. The summed E-state index contributed by atoms with van der Waals surface area (Å²) < 4.78 is 46.5. The number of aromatic nitrogens is 2. The van der Waals surface area contributed by atoms with Crippen molar-refractivity contribution in [3.8, 4) is 28.3 Å². The average molecular weight is 415 g/mol. The summed E-state index contributed by atoms with van der Waals surface area (Å²) in [6, 6.07) is 10.4. The number of hydrogen-bond acceptors (Lipinski definition) is 6. The van der Waals surface area contributed by atoms with Crippen LogP contribution >= 0.6 is 0 Å². The number of hydrogen-bond donors (Lipinski definition) is 1. The molecule has 1 N–H and O–H groups in total. The minimum absolute atomic E-state index is 0.136. The molecule has 0 bridgehead atoms. The number of morpholine rings is 1. The molecule has 2 aromatic carbocycles. The van der Waals surface area contributed by atoms with Gasteiger partial charge in [0, 0.05) is 24.2 Å². The van der Waals surface area contributed by atoms with Gasteiger partial charge in [0.2, 0.25) is 10.0 Å². The van der Waals surface area contributed by atoms with Crippen LogP contribution in [-0.2, 0) is 14.8 Å². The summed E-state index contributed by atoms with van der Waals surface area (Å²) in [5.41, 5.74) is 2.11. The third-order valence-electron chi connectivity index (χ3n) is 4.61. The predicted molar refractivity (Wildman–Crippen MR) is 104 cm³/mol. The molecule has 29 heavy (non-hydrogen) atoms. The average Bonchev–Trinajstić information content (AvgIpc) is 2.75.